The summed E-state index contributed by atoms with van der Waals surface area (Å²) in [6.07, 6.45) is 3.55. The molecule has 0 atom stereocenters. The molecule has 29 heavy (non-hydrogen) atoms. The highest BCUT2D eigenvalue weighted by atomic mass is 15.1. The van der Waals surface area contributed by atoms with Crippen molar-refractivity contribution >= 4 is 0 Å². The first kappa shape index (κ1) is 20.6. The van der Waals surface area contributed by atoms with E-state index in [2.05, 4.69) is 81.2 Å². The molecule has 1 N–H and O–H groups in total. The molecule has 0 spiro atoms. The number of nitrogens with one attached hydrogen (secondary N) is 1. The average Bonchev–Trinajstić information content (AvgIpc) is 2.70. The second-order valence-corrected chi connectivity index (χ2v) is 10.8. The maximum absolute atomic E-state index is 3.52. The van der Waals surface area contributed by atoms with Gasteiger partial charge in [-0.25, -0.2) is 0 Å². The molecule has 4 rings (SSSR count). The summed E-state index contributed by atoms with van der Waals surface area (Å²) in [5, 5.41) is 3.52. The Labute approximate surface area is 177 Å². The zero-order valence-electron chi connectivity index (χ0n) is 19.1. The summed E-state index contributed by atoms with van der Waals surface area (Å²) < 4.78 is 0. The van der Waals surface area contributed by atoms with Crippen molar-refractivity contribution in [3.05, 3.63) is 69.8 Å². The molecule has 2 aliphatic rings. The maximum Gasteiger partial charge on any atom is 0.0236 e. The molecular formula is C27H38N2. The normalized spacial score (nSPS) is 17.7. The molecule has 2 aromatic carbocycles. The van der Waals surface area contributed by atoms with E-state index in [4.69, 9.17) is 0 Å². The molecule has 2 heteroatoms. The number of rotatable bonds is 4. The Bertz CT molecular complexity index is 873. The summed E-state index contributed by atoms with van der Waals surface area (Å²) in [5.41, 5.74) is 9.51. The van der Waals surface area contributed by atoms with Crippen molar-refractivity contribution in [1.29, 1.82) is 0 Å². The Morgan fingerprint density at radius 2 is 1.52 bits per heavy atom. The minimum Gasteiger partial charge on any atom is -0.312 e. The van der Waals surface area contributed by atoms with Gasteiger partial charge in [-0.1, -0.05) is 71.0 Å². The van der Waals surface area contributed by atoms with Crippen LogP contribution in [0.1, 0.15) is 74.4 Å². The lowest BCUT2D eigenvalue weighted by Gasteiger charge is -2.34. The SMILES string of the molecule is CC(C)(C)c1ccc2c(c1)CN(CCC(C)(C)c1ccc3c(c1)CNCC3)CC2. The van der Waals surface area contributed by atoms with Crippen LogP contribution in [0.4, 0.5) is 0 Å². The van der Waals surface area contributed by atoms with E-state index in [0.29, 0.717) is 0 Å². The predicted octanol–water partition coefficient (Wildman–Crippen LogP) is 5.36. The van der Waals surface area contributed by atoms with Gasteiger partial charge in [0.2, 0.25) is 0 Å². The van der Waals surface area contributed by atoms with Gasteiger partial charge in [-0.3, -0.25) is 4.90 Å². The van der Waals surface area contributed by atoms with E-state index < -0.39 is 0 Å². The Kier molecular flexibility index (Phi) is 5.61. The van der Waals surface area contributed by atoms with Gasteiger partial charge in [0.05, 0.1) is 0 Å². The van der Waals surface area contributed by atoms with Crippen LogP contribution in [-0.4, -0.2) is 24.5 Å². The molecule has 0 saturated carbocycles. The molecule has 0 aliphatic carbocycles. The van der Waals surface area contributed by atoms with Gasteiger partial charge in [-0.05, 0) is 76.6 Å². The van der Waals surface area contributed by atoms with Crippen LogP contribution < -0.4 is 5.32 Å². The van der Waals surface area contributed by atoms with Crippen molar-refractivity contribution in [1.82, 2.24) is 10.2 Å². The Morgan fingerprint density at radius 1 is 0.828 bits per heavy atom. The van der Waals surface area contributed by atoms with E-state index in [1.54, 1.807) is 11.1 Å². The van der Waals surface area contributed by atoms with E-state index in [-0.39, 0.29) is 10.8 Å². The van der Waals surface area contributed by atoms with E-state index >= 15 is 0 Å². The van der Waals surface area contributed by atoms with Crippen LogP contribution in [0, 0.1) is 0 Å². The van der Waals surface area contributed by atoms with Crippen molar-refractivity contribution in [3.8, 4) is 0 Å². The molecule has 0 radical (unpaired) electrons. The van der Waals surface area contributed by atoms with Gasteiger partial charge in [-0.2, -0.15) is 0 Å². The highest BCUT2D eigenvalue weighted by Gasteiger charge is 2.25. The van der Waals surface area contributed by atoms with Crippen molar-refractivity contribution in [2.45, 2.75) is 77.8 Å². The van der Waals surface area contributed by atoms with Crippen LogP contribution in [-0.2, 0) is 36.8 Å². The molecule has 2 aromatic rings. The summed E-state index contributed by atoms with van der Waals surface area (Å²) in [6, 6.07) is 14.4. The minimum absolute atomic E-state index is 0.208. The largest absolute Gasteiger partial charge is 0.312 e. The molecule has 2 aliphatic heterocycles. The standard InChI is InChI=1S/C27H38N2/c1-26(2,3)24-8-6-21-11-14-29(19-23(21)17-24)15-12-27(4,5)25-9-7-20-10-13-28-18-22(20)16-25/h6-9,16-17,28H,10-15,18-19H2,1-5H3. The minimum atomic E-state index is 0.208. The second-order valence-electron chi connectivity index (χ2n) is 10.8. The van der Waals surface area contributed by atoms with Crippen LogP contribution >= 0.6 is 0 Å². The molecule has 0 aromatic heterocycles. The van der Waals surface area contributed by atoms with Crippen LogP contribution in [0.25, 0.3) is 0 Å². The Balaban J connectivity index is 1.43. The molecule has 0 unspecified atom stereocenters. The van der Waals surface area contributed by atoms with Gasteiger partial charge >= 0.3 is 0 Å². The molecule has 0 fully saturated rings. The van der Waals surface area contributed by atoms with Gasteiger partial charge in [0.1, 0.15) is 0 Å². The fourth-order valence-electron chi connectivity index (χ4n) is 4.76. The van der Waals surface area contributed by atoms with Crippen molar-refractivity contribution < 1.29 is 0 Å². The van der Waals surface area contributed by atoms with Gasteiger partial charge in [0.15, 0.2) is 0 Å². The van der Waals surface area contributed by atoms with Crippen LogP contribution in [0.2, 0.25) is 0 Å². The maximum atomic E-state index is 3.52. The first-order valence-electron chi connectivity index (χ1n) is 11.4. The molecule has 0 saturated heterocycles. The zero-order chi connectivity index (χ0) is 20.6. The lowest BCUT2D eigenvalue weighted by atomic mass is 9.79. The summed E-state index contributed by atoms with van der Waals surface area (Å²) in [7, 11) is 0. The fourth-order valence-corrected chi connectivity index (χ4v) is 4.76. The third kappa shape index (κ3) is 4.59. The molecule has 0 amide bonds. The van der Waals surface area contributed by atoms with E-state index in [0.717, 1.165) is 19.6 Å². The lowest BCUT2D eigenvalue weighted by Crippen LogP contribution is -2.34. The van der Waals surface area contributed by atoms with E-state index in [9.17, 15) is 0 Å². The third-order valence-corrected chi connectivity index (χ3v) is 7.09. The molecule has 0 bridgehead atoms. The van der Waals surface area contributed by atoms with E-state index in [1.165, 1.54) is 54.6 Å². The quantitative estimate of drug-likeness (QED) is 0.756. The predicted molar refractivity (Wildman–Crippen MR) is 124 cm³/mol. The number of hydrogen-bond donors (Lipinski definition) is 1. The summed E-state index contributed by atoms with van der Waals surface area (Å²) in [6.45, 7) is 17.4. The van der Waals surface area contributed by atoms with Gasteiger partial charge < -0.3 is 5.32 Å². The highest BCUT2D eigenvalue weighted by Crippen LogP contribution is 2.32. The highest BCUT2D eigenvalue weighted by molar-refractivity contribution is 5.38. The number of hydrogen-bond acceptors (Lipinski definition) is 2. The molecule has 2 heterocycles. The number of benzene rings is 2. The van der Waals surface area contributed by atoms with Crippen LogP contribution in [0.3, 0.4) is 0 Å². The first-order chi connectivity index (χ1) is 13.7. The van der Waals surface area contributed by atoms with Crippen LogP contribution in [0.15, 0.2) is 36.4 Å². The number of fused-ring (bicyclic) bond motifs is 2. The Morgan fingerprint density at radius 3 is 2.28 bits per heavy atom. The molecule has 156 valence electrons. The van der Waals surface area contributed by atoms with Gasteiger partial charge in [-0.15, -0.1) is 0 Å². The summed E-state index contributed by atoms with van der Waals surface area (Å²) in [5.74, 6) is 0. The second kappa shape index (κ2) is 7.89. The first-order valence-corrected chi connectivity index (χ1v) is 11.4. The van der Waals surface area contributed by atoms with Crippen molar-refractivity contribution in [2.75, 3.05) is 19.6 Å². The van der Waals surface area contributed by atoms with Crippen LogP contribution in [0.5, 0.6) is 0 Å². The fraction of sp³-hybridized carbons (Fsp3) is 0.556. The molecular weight excluding hydrogens is 352 g/mol. The topological polar surface area (TPSA) is 15.3 Å². The van der Waals surface area contributed by atoms with Gasteiger partial charge in [0.25, 0.3) is 0 Å². The molecule has 2 nitrogen and oxygen atoms in total. The average molecular weight is 391 g/mol. The van der Waals surface area contributed by atoms with E-state index in [1.807, 2.05) is 0 Å². The van der Waals surface area contributed by atoms with Gasteiger partial charge in [0, 0.05) is 19.6 Å². The van der Waals surface area contributed by atoms with Crippen molar-refractivity contribution in [3.63, 3.8) is 0 Å². The number of nitrogens with zero attached hydrogens (tertiary/aromatic N) is 1. The third-order valence-electron chi connectivity index (χ3n) is 7.09. The zero-order valence-corrected chi connectivity index (χ0v) is 19.1. The monoisotopic (exact) mass is 390 g/mol. The summed E-state index contributed by atoms with van der Waals surface area (Å²) in [4.78, 5) is 2.66. The summed E-state index contributed by atoms with van der Waals surface area (Å²) >= 11 is 0. The smallest absolute Gasteiger partial charge is 0.0236 e. The lowest BCUT2D eigenvalue weighted by molar-refractivity contribution is 0.230. The van der Waals surface area contributed by atoms with Crippen molar-refractivity contribution in [2.24, 2.45) is 0 Å². The Hall–Kier alpha value is -1.64.